The van der Waals surface area contributed by atoms with Crippen molar-refractivity contribution in [2.45, 2.75) is 31.5 Å². The van der Waals surface area contributed by atoms with Crippen molar-refractivity contribution in [3.63, 3.8) is 0 Å². The monoisotopic (exact) mass is 413 g/mol. The number of amides is 1. The first-order valence-electron chi connectivity index (χ1n) is 9.29. The van der Waals surface area contributed by atoms with E-state index in [4.69, 9.17) is 11.6 Å². The molecule has 1 amide bonds. The van der Waals surface area contributed by atoms with Crippen LogP contribution in [0.3, 0.4) is 0 Å². The van der Waals surface area contributed by atoms with Crippen molar-refractivity contribution < 1.29 is 4.79 Å². The van der Waals surface area contributed by atoms with Gasteiger partial charge in [-0.25, -0.2) is 4.98 Å². The number of carbonyl (C=O) groups is 1. The molecule has 0 bridgehead atoms. The minimum atomic E-state index is -0.0926. The highest BCUT2D eigenvalue weighted by atomic mass is 35.5. The first kappa shape index (κ1) is 19.0. The van der Waals surface area contributed by atoms with E-state index in [9.17, 15) is 9.59 Å². The molecule has 0 fully saturated rings. The van der Waals surface area contributed by atoms with Crippen LogP contribution in [0.4, 0.5) is 5.69 Å². The Balaban J connectivity index is 1.61. The Morgan fingerprint density at radius 1 is 1.25 bits per heavy atom. The van der Waals surface area contributed by atoms with Gasteiger partial charge in [0, 0.05) is 23.8 Å². The maximum Gasteiger partial charge on any atom is 0.262 e. The fraction of sp³-hybridized carbons (Fsp3) is 0.286. The van der Waals surface area contributed by atoms with Crippen LogP contribution < -0.4 is 10.5 Å². The molecule has 0 radical (unpaired) electrons. The maximum atomic E-state index is 12.9. The number of fused-ring (bicyclic) bond motifs is 2. The zero-order valence-electron chi connectivity index (χ0n) is 15.5. The minimum Gasteiger partial charge on any atom is -0.311 e. The fourth-order valence-corrected chi connectivity index (χ4v) is 4.57. The molecule has 0 spiro atoms. The molecular weight excluding hydrogens is 394 g/mol. The Bertz CT molecular complexity index is 1110. The van der Waals surface area contributed by atoms with Crippen molar-refractivity contribution in [1.29, 1.82) is 0 Å². The number of para-hydroxylation sites is 1. The van der Waals surface area contributed by atoms with Gasteiger partial charge in [0.15, 0.2) is 5.16 Å². The molecule has 2 heterocycles. The predicted molar refractivity (Wildman–Crippen MR) is 115 cm³/mol. The van der Waals surface area contributed by atoms with E-state index in [-0.39, 0.29) is 17.2 Å². The average molecular weight is 414 g/mol. The number of halogens is 1. The van der Waals surface area contributed by atoms with Crippen LogP contribution in [0, 0.1) is 0 Å². The number of aromatic nitrogens is 2. The molecule has 0 saturated carbocycles. The van der Waals surface area contributed by atoms with Crippen LogP contribution in [0.1, 0.15) is 18.9 Å². The molecule has 0 saturated heterocycles. The lowest BCUT2D eigenvalue weighted by Gasteiger charge is -2.18. The predicted octanol–water partition coefficient (Wildman–Crippen LogP) is 4.14. The molecule has 2 aromatic carbocycles. The van der Waals surface area contributed by atoms with Crippen molar-refractivity contribution in [3.8, 4) is 0 Å². The zero-order valence-corrected chi connectivity index (χ0v) is 17.1. The van der Waals surface area contributed by atoms with E-state index in [1.165, 1.54) is 17.3 Å². The molecule has 4 rings (SSSR count). The number of rotatable bonds is 5. The SMILES string of the molecule is CCCn1c(SCC(=O)N2CCc3ccccc32)nc2cc(Cl)ccc2c1=O. The molecule has 0 atom stereocenters. The maximum absolute atomic E-state index is 12.9. The van der Waals surface area contributed by atoms with Gasteiger partial charge in [0.2, 0.25) is 5.91 Å². The number of anilines is 1. The Morgan fingerprint density at radius 3 is 2.89 bits per heavy atom. The van der Waals surface area contributed by atoms with Crippen LogP contribution in [-0.4, -0.2) is 27.8 Å². The van der Waals surface area contributed by atoms with Crippen molar-refractivity contribution in [1.82, 2.24) is 9.55 Å². The van der Waals surface area contributed by atoms with Crippen LogP contribution in [0.15, 0.2) is 52.4 Å². The van der Waals surface area contributed by atoms with Crippen molar-refractivity contribution in [3.05, 3.63) is 63.4 Å². The number of carbonyl (C=O) groups excluding carboxylic acids is 1. The summed E-state index contributed by atoms with van der Waals surface area (Å²) in [6.07, 6.45) is 1.68. The van der Waals surface area contributed by atoms with E-state index >= 15 is 0 Å². The summed E-state index contributed by atoms with van der Waals surface area (Å²) in [5.74, 6) is 0.259. The molecule has 1 aliphatic heterocycles. The van der Waals surface area contributed by atoms with Gasteiger partial charge in [-0.05, 0) is 42.7 Å². The van der Waals surface area contributed by atoms with Crippen LogP contribution in [0.5, 0.6) is 0 Å². The van der Waals surface area contributed by atoms with Gasteiger partial charge >= 0.3 is 0 Å². The Labute approximate surface area is 172 Å². The van der Waals surface area contributed by atoms with Gasteiger partial charge in [0.25, 0.3) is 5.56 Å². The van der Waals surface area contributed by atoms with E-state index in [2.05, 4.69) is 11.1 Å². The molecule has 3 aromatic rings. The number of benzene rings is 2. The van der Waals surface area contributed by atoms with Gasteiger partial charge < -0.3 is 4.90 Å². The molecule has 0 N–H and O–H groups in total. The van der Waals surface area contributed by atoms with Gasteiger partial charge in [0.05, 0.1) is 16.7 Å². The number of thioether (sulfide) groups is 1. The molecule has 7 heteroatoms. The van der Waals surface area contributed by atoms with E-state index in [1.807, 2.05) is 30.0 Å². The molecule has 1 aliphatic rings. The first-order valence-corrected chi connectivity index (χ1v) is 10.7. The zero-order chi connectivity index (χ0) is 19.7. The summed E-state index contributed by atoms with van der Waals surface area (Å²) in [6, 6.07) is 13.1. The largest absolute Gasteiger partial charge is 0.311 e. The molecule has 0 unspecified atom stereocenters. The first-order chi connectivity index (χ1) is 13.6. The summed E-state index contributed by atoms with van der Waals surface area (Å²) in [7, 11) is 0. The van der Waals surface area contributed by atoms with Crippen LogP contribution in [0.2, 0.25) is 5.02 Å². The van der Waals surface area contributed by atoms with Gasteiger partial charge in [-0.15, -0.1) is 0 Å². The molecule has 0 aliphatic carbocycles. The summed E-state index contributed by atoms with van der Waals surface area (Å²) in [5, 5.41) is 1.64. The normalized spacial score (nSPS) is 13.1. The van der Waals surface area contributed by atoms with Crippen molar-refractivity contribution in [2.24, 2.45) is 0 Å². The Kier molecular flexibility index (Phi) is 5.42. The average Bonchev–Trinajstić information content (AvgIpc) is 3.12. The summed E-state index contributed by atoms with van der Waals surface area (Å²) in [6.45, 7) is 3.27. The van der Waals surface area contributed by atoms with Gasteiger partial charge in [-0.3, -0.25) is 14.2 Å². The molecule has 5 nitrogen and oxygen atoms in total. The fourth-order valence-electron chi connectivity index (χ4n) is 3.51. The van der Waals surface area contributed by atoms with Gasteiger partial charge in [-0.2, -0.15) is 0 Å². The lowest BCUT2D eigenvalue weighted by molar-refractivity contribution is -0.116. The number of nitrogens with zero attached hydrogens (tertiary/aromatic N) is 3. The second-order valence-corrected chi connectivity index (χ2v) is 8.10. The minimum absolute atomic E-state index is 0.0263. The van der Waals surface area contributed by atoms with Crippen LogP contribution in [-0.2, 0) is 17.8 Å². The number of hydrogen-bond donors (Lipinski definition) is 0. The second-order valence-electron chi connectivity index (χ2n) is 6.73. The highest BCUT2D eigenvalue weighted by molar-refractivity contribution is 7.99. The topological polar surface area (TPSA) is 55.2 Å². The smallest absolute Gasteiger partial charge is 0.262 e. The standard InChI is InChI=1S/C21H20ClN3O2S/c1-2-10-25-20(27)16-8-7-15(22)12-17(16)23-21(25)28-13-19(26)24-11-9-14-5-3-4-6-18(14)24/h3-8,12H,2,9-11,13H2,1H3. The molecule has 144 valence electrons. The van der Waals surface area contributed by atoms with E-state index in [0.29, 0.717) is 34.2 Å². The van der Waals surface area contributed by atoms with Crippen LogP contribution >= 0.6 is 23.4 Å². The summed E-state index contributed by atoms with van der Waals surface area (Å²) in [4.78, 5) is 32.2. The highest BCUT2D eigenvalue weighted by Crippen LogP contribution is 2.29. The molecule has 1 aromatic heterocycles. The highest BCUT2D eigenvalue weighted by Gasteiger charge is 2.24. The van der Waals surface area contributed by atoms with Crippen molar-refractivity contribution in [2.75, 3.05) is 17.2 Å². The summed E-state index contributed by atoms with van der Waals surface area (Å²) < 4.78 is 1.66. The lowest BCUT2D eigenvalue weighted by atomic mass is 10.2. The van der Waals surface area contributed by atoms with Crippen LogP contribution in [0.25, 0.3) is 10.9 Å². The van der Waals surface area contributed by atoms with Crippen molar-refractivity contribution >= 4 is 45.9 Å². The third kappa shape index (κ3) is 3.54. The second kappa shape index (κ2) is 7.97. The third-order valence-electron chi connectivity index (χ3n) is 4.84. The summed E-state index contributed by atoms with van der Waals surface area (Å²) >= 11 is 7.38. The van der Waals surface area contributed by atoms with E-state index in [1.54, 1.807) is 22.8 Å². The Morgan fingerprint density at radius 2 is 2.07 bits per heavy atom. The Hall–Kier alpha value is -2.31. The molecule has 28 heavy (non-hydrogen) atoms. The molecular formula is C21H20ClN3O2S. The lowest BCUT2D eigenvalue weighted by Crippen LogP contribution is -2.31. The van der Waals surface area contributed by atoms with Gasteiger partial charge in [-0.1, -0.05) is 48.5 Å². The quantitative estimate of drug-likeness (QED) is 0.466. The van der Waals surface area contributed by atoms with Gasteiger partial charge in [0.1, 0.15) is 0 Å². The third-order valence-corrected chi connectivity index (χ3v) is 6.04. The number of hydrogen-bond acceptors (Lipinski definition) is 4. The van der Waals surface area contributed by atoms with E-state index in [0.717, 1.165) is 18.5 Å². The van der Waals surface area contributed by atoms with E-state index < -0.39 is 0 Å². The summed E-state index contributed by atoms with van der Waals surface area (Å²) in [5.41, 5.74) is 2.65.